The Balaban J connectivity index is 0.000000810. The third-order valence-electron chi connectivity index (χ3n) is 0.945. The van der Waals surface area contributed by atoms with E-state index in [9.17, 15) is 4.21 Å². The summed E-state index contributed by atoms with van der Waals surface area (Å²) >= 11 is -1.83. The van der Waals surface area contributed by atoms with E-state index in [4.69, 9.17) is 4.55 Å². The van der Waals surface area contributed by atoms with Crippen molar-refractivity contribution in [2.75, 3.05) is 0 Å². The number of hydrogen-bond acceptors (Lipinski definition) is 1. The SMILES string of the molecule is O=S(O)c1ccccc1.[RbH]. The predicted octanol–water partition coefficient (Wildman–Crippen LogP) is 0.619. The summed E-state index contributed by atoms with van der Waals surface area (Å²) in [4.78, 5) is 0.442. The van der Waals surface area contributed by atoms with Crippen molar-refractivity contribution < 1.29 is 8.76 Å². The monoisotopic (exact) mass is 228 g/mol. The maximum absolute atomic E-state index is 10.3. The van der Waals surface area contributed by atoms with Gasteiger partial charge < -0.3 is 4.55 Å². The van der Waals surface area contributed by atoms with E-state index in [-0.39, 0.29) is 58.2 Å². The molecule has 0 aromatic heterocycles. The molecule has 0 saturated carbocycles. The van der Waals surface area contributed by atoms with E-state index in [0.717, 1.165) is 0 Å². The van der Waals surface area contributed by atoms with E-state index >= 15 is 0 Å². The van der Waals surface area contributed by atoms with Crippen molar-refractivity contribution in [3.05, 3.63) is 30.3 Å². The first kappa shape index (κ1) is 11.1. The second-order valence-corrected chi connectivity index (χ2v) is 2.53. The zero-order chi connectivity index (χ0) is 6.69. The summed E-state index contributed by atoms with van der Waals surface area (Å²) in [7, 11) is 0. The summed E-state index contributed by atoms with van der Waals surface area (Å²) in [5.74, 6) is 0. The molecule has 0 aliphatic rings. The molecule has 0 amide bonds. The van der Waals surface area contributed by atoms with Crippen LogP contribution in [-0.4, -0.2) is 66.9 Å². The summed E-state index contributed by atoms with van der Waals surface area (Å²) in [5.41, 5.74) is 0. The van der Waals surface area contributed by atoms with Crippen molar-refractivity contribution in [3.8, 4) is 0 Å². The fraction of sp³-hybridized carbons (Fsp3) is 0. The van der Waals surface area contributed by atoms with Crippen molar-refractivity contribution in [1.29, 1.82) is 0 Å². The third-order valence-corrected chi connectivity index (χ3v) is 1.62. The van der Waals surface area contributed by atoms with Gasteiger partial charge in [0.2, 0.25) is 0 Å². The van der Waals surface area contributed by atoms with Gasteiger partial charge in [-0.3, -0.25) is 0 Å². The zero-order valence-electron chi connectivity index (χ0n) is 4.65. The van der Waals surface area contributed by atoms with Crippen LogP contribution in [0.3, 0.4) is 0 Å². The minimum absolute atomic E-state index is 0. The molecule has 50 valence electrons. The van der Waals surface area contributed by atoms with Gasteiger partial charge in [0.1, 0.15) is 0 Å². The first-order chi connectivity index (χ1) is 4.30. The van der Waals surface area contributed by atoms with Gasteiger partial charge in [0, 0.05) is 0 Å². The average Bonchev–Trinajstić information content (AvgIpc) is 1.90. The molecule has 0 heterocycles. The quantitative estimate of drug-likeness (QED) is 0.716. The van der Waals surface area contributed by atoms with Crippen molar-refractivity contribution in [2.24, 2.45) is 0 Å². The van der Waals surface area contributed by atoms with Crippen LogP contribution < -0.4 is 0 Å². The molecule has 10 heavy (non-hydrogen) atoms. The van der Waals surface area contributed by atoms with Crippen LogP contribution in [0.1, 0.15) is 0 Å². The van der Waals surface area contributed by atoms with Crippen LogP contribution in [0.5, 0.6) is 0 Å². The van der Waals surface area contributed by atoms with Gasteiger partial charge in [0.25, 0.3) is 0 Å². The molecule has 0 spiro atoms. The Hall–Kier alpha value is 1.14. The Morgan fingerprint density at radius 3 is 2.00 bits per heavy atom. The molecular formula is C6H7O2RbS. The van der Waals surface area contributed by atoms with E-state index < -0.39 is 11.1 Å². The molecule has 0 saturated heterocycles. The second kappa shape index (κ2) is 5.74. The van der Waals surface area contributed by atoms with E-state index in [1.165, 1.54) is 0 Å². The fourth-order valence-electron chi connectivity index (χ4n) is 0.537. The van der Waals surface area contributed by atoms with E-state index in [2.05, 4.69) is 0 Å². The van der Waals surface area contributed by atoms with Crippen LogP contribution in [0.25, 0.3) is 0 Å². The summed E-state index contributed by atoms with van der Waals surface area (Å²) in [6.07, 6.45) is 0. The Bertz CT molecular complexity index is 212. The summed E-state index contributed by atoms with van der Waals surface area (Å²) in [5, 5.41) is 0. The molecule has 1 atom stereocenters. The van der Waals surface area contributed by atoms with Gasteiger partial charge in [-0.2, -0.15) is 0 Å². The van der Waals surface area contributed by atoms with Gasteiger partial charge in [-0.1, -0.05) is 18.2 Å². The predicted molar refractivity (Wildman–Crippen MR) is 42.6 cm³/mol. The zero-order valence-corrected chi connectivity index (χ0v) is 5.47. The third kappa shape index (κ3) is 3.50. The fourth-order valence-corrected chi connectivity index (χ4v) is 0.927. The summed E-state index contributed by atoms with van der Waals surface area (Å²) in [6.45, 7) is 0. The van der Waals surface area contributed by atoms with Crippen molar-refractivity contribution in [3.63, 3.8) is 0 Å². The second-order valence-electron chi connectivity index (χ2n) is 1.56. The first-order valence-electron chi connectivity index (χ1n) is 2.46. The molecule has 0 fully saturated rings. The van der Waals surface area contributed by atoms with Gasteiger partial charge >= 0.3 is 58.2 Å². The minimum atomic E-state index is -1.83. The Morgan fingerprint density at radius 1 is 1.20 bits per heavy atom. The van der Waals surface area contributed by atoms with Crippen molar-refractivity contribution in [1.82, 2.24) is 0 Å². The topological polar surface area (TPSA) is 37.3 Å². The maximum atomic E-state index is 10.3. The molecule has 4 heteroatoms. The Morgan fingerprint density at radius 2 is 1.70 bits per heavy atom. The Kier molecular flexibility index (Phi) is 6.40. The van der Waals surface area contributed by atoms with Crippen LogP contribution in [-0.2, 0) is 11.1 Å². The van der Waals surface area contributed by atoms with Gasteiger partial charge in [0.05, 0.1) is 4.90 Å². The first-order valence-corrected chi connectivity index (χ1v) is 3.57. The molecule has 1 aromatic carbocycles. The molecular weight excluding hydrogens is 222 g/mol. The molecule has 1 rings (SSSR count). The molecule has 0 radical (unpaired) electrons. The molecule has 1 unspecified atom stereocenters. The number of hydrogen-bond donors (Lipinski definition) is 1. The molecule has 1 aromatic rings. The van der Waals surface area contributed by atoms with Crippen molar-refractivity contribution >= 4 is 69.3 Å². The van der Waals surface area contributed by atoms with Gasteiger partial charge in [0.15, 0.2) is 11.1 Å². The number of benzene rings is 1. The van der Waals surface area contributed by atoms with E-state index in [1.54, 1.807) is 30.3 Å². The molecule has 1 N–H and O–H groups in total. The summed E-state index contributed by atoms with van der Waals surface area (Å²) in [6, 6.07) is 8.47. The molecule has 0 aliphatic heterocycles. The van der Waals surface area contributed by atoms with Gasteiger partial charge in [-0.25, -0.2) is 4.21 Å². The van der Waals surface area contributed by atoms with Crippen molar-refractivity contribution in [2.45, 2.75) is 4.90 Å². The normalized spacial score (nSPS) is 11.7. The average molecular weight is 229 g/mol. The van der Waals surface area contributed by atoms with E-state index in [1.807, 2.05) is 0 Å². The van der Waals surface area contributed by atoms with Crippen LogP contribution in [0.4, 0.5) is 0 Å². The van der Waals surface area contributed by atoms with Gasteiger partial charge in [-0.15, -0.1) is 0 Å². The van der Waals surface area contributed by atoms with Crippen LogP contribution in [0, 0.1) is 0 Å². The van der Waals surface area contributed by atoms with E-state index in [0.29, 0.717) is 4.90 Å². The van der Waals surface area contributed by atoms with Crippen LogP contribution in [0.2, 0.25) is 0 Å². The summed E-state index contributed by atoms with van der Waals surface area (Å²) < 4.78 is 18.8. The van der Waals surface area contributed by atoms with Gasteiger partial charge in [-0.05, 0) is 12.1 Å². The molecule has 0 bridgehead atoms. The molecule has 0 aliphatic carbocycles. The van der Waals surface area contributed by atoms with Crippen LogP contribution >= 0.6 is 0 Å². The van der Waals surface area contributed by atoms with Crippen LogP contribution in [0.15, 0.2) is 35.2 Å². The molecule has 2 nitrogen and oxygen atoms in total. The standard InChI is InChI=1S/C6H6O2S.Rb.H/c7-9(8)6-4-2-1-3-5-6;;/h1-5H,(H,7,8);;. The number of rotatable bonds is 1. The Labute approximate surface area is 111 Å².